The van der Waals surface area contributed by atoms with Gasteiger partial charge in [0.15, 0.2) is 0 Å². The van der Waals surface area contributed by atoms with Crippen molar-refractivity contribution in [1.82, 2.24) is 0 Å². The molecular formula is C30H47BrOSiSn. The number of carbonyl (C=O) groups excluding carboxylic acids is 1. The second-order valence-corrected chi connectivity index (χ2v) is 31.8. The average Bonchev–Trinajstić information content (AvgIpc) is 2.88. The van der Waals surface area contributed by atoms with Crippen molar-refractivity contribution in [2.75, 3.05) is 0 Å². The van der Waals surface area contributed by atoms with Gasteiger partial charge in [0.2, 0.25) is 0 Å². The van der Waals surface area contributed by atoms with Crippen LogP contribution in [-0.2, 0) is 4.79 Å². The van der Waals surface area contributed by atoms with Crippen molar-refractivity contribution < 1.29 is 4.79 Å². The molecule has 0 saturated carbocycles. The number of benzene rings is 2. The molecule has 4 heteroatoms. The third-order valence-corrected chi connectivity index (χ3v) is 35.4. The SMILES string of the molecule is CCC[CH2][Sn]([CH2]CCC)([CH2]CCC)[CH](Br)CCCC(=O)[Si](C)(c1ccccc1)c1ccccc1. The molecule has 0 aliphatic rings. The fourth-order valence-corrected chi connectivity index (χ4v) is 30.0. The van der Waals surface area contributed by atoms with E-state index in [-0.39, 0.29) is 0 Å². The molecule has 0 amide bonds. The van der Waals surface area contributed by atoms with Crippen molar-refractivity contribution in [1.29, 1.82) is 0 Å². The zero-order chi connectivity index (χ0) is 24.9. The van der Waals surface area contributed by atoms with E-state index in [4.69, 9.17) is 0 Å². The second kappa shape index (κ2) is 15.7. The molecule has 0 fully saturated rings. The van der Waals surface area contributed by atoms with Gasteiger partial charge in [-0.2, -0.15) is 0 Å². The van der Waals surface area contributed by atoms with Crippen molar-refractivity contribution >= 4 is 58.2 Å². The van der Waals surface area contributed by atoms with Crippen LogP contribution < -0.4 is 10.4 Å². The van der Waals surface area contributed by atoms with E-state index in [0.29, 0.717) is 14.7 Å². The van der Waals surface area contributed by atoms with Gasteiger partial charge in [-0.15, -0.1) is 0 Å². The number of hydrogen-bond acceptors (Lipinski definition) is 1. The van der Waals surface area contributed by atoms with Gasteiger partial charge in [0.05, 0.1) is 0 Å². The van der Waals surface area contributed by atoms with Crippen LogP contribution in [-0.4, -0.2) is 34.7 Å². The number of rotatable bonds is 17. The van der Waals surface area contributed by atoms with Gasteiger partial charge in [-0.1, -0.05) is 0 Å². The molecule has 2 rings (SSSR count). The maximum absolute atomic E-state index is 13.9. The van der Waals surface area contributed by atoms with Gasteiger partial charge >= 0.3 is 225 Å². The van der Waals surface area contributed by atoms with Crippen LogP contribution >= 0.6 is 15.9 Å². The summed E-state index contributed by atoms with van der Waals surface area (Å²) in [5.74, 6) is 0. The van der Waals surface area contributed by atoms with E-state index in [2.05, 4.69) is 104 Å². The molecule has 1 nitrogen and oxygen atoms in total. The van der Waals surface area contributed by atoms with E-state index in [1.165, 1.54) is 68.6 Å². The predicted molar refractivity (Wildman–Crippen MR) is 160 cm³/mol. The fraction of sp³-hybridized carbons (Fsp3) is 0.567. The summed E-state index contributed by atoms with van der Waals surface area (Å²) in [6, 6.07) is 21.1. The van der Waals surface area contributed by atoms with Gasteiger partial charge in [-0.3, -0.25) is 0 Å². The minimum atomic E-state index is -2.42. The Kier molecular flexibility index (Phi) is 13.7. The molecular weight excluding hydrogens is 603 g/mol. The monoisotopic (exact) mass is 650 g/mol. The third kappa shape index (κ3) is 8.06. The molecule has 34 heavy (non-hydrogen) atoms. The Morgan fingerprint density at radius 3 is 1.56 bits per heavy atom. The normalized spacial score (nSPS) is 13.1. The molecule has 0 saturated heterocycles. The Labute approximate surface area is 223 Å². The van der Waals surface area contributed by atoms with Crippen LogP contribution in [0.2, 0.25) is 19.9 Å². The molecule has 188 valence electrons. The van der Waals surface area contributed by atoms with Crippen LogP contribution in [0.5, 0.6) is 0 Å². The number of carbonyl (C=O) groups is 1. The first-order valence-corrected chi connectivity index (χ1v) is 24.8. The molecule has 0 aliphatic carbocycles. The molecule has 0 aromatic heterocycles. The van der Waals surface area contributed by atoms with Crippen molar-refractivity contribution in [2.45, 2.75) is 101 Å². The third-order valence-electron chi connectivity index (χ3n) is 7.87. The van der Waals surface area contributed by atoms with Gasteiger partial charge in [0.1, 0.15) is 0 Å². The Morgan fingerprint density at radius 1 is 0.765 bits per heavy atom. The summed E-state index contributed by atoms with van der Waals surface area (Å²) in [4.78, 5) is 13.9. The van der Waals surface area contributed by atoms with Gasteiger partial charge in [0, 0.05) is 0 Å². The molecule has 0 aliphatic heterocycles. The molecule has 0 radical (unpaired) electrons. The van der Waals surface area contributed by atoms with Crippen LogP contribution in [0.3, 0.4) is 0 Å². The summed E-state index contributed by atoms with van der Waals surface area (Å²) in [5.41, 5.74) is 0. The maximum atomic E-state index is 13.9. The first-order valence-electron chi connectivity index (χ1n) is 13.7. The Bertz CT molecular complexity index is 765. The van der Waals surface area contributed by atoms with Crippen LogP contribution in [0.25, 0.3) is 0 Å². The van der Waals surface area contributed by atoms with Crippen molar-refractivity contribution in [3.05, 3.63) is 60.7 Å². The number of unbranched alkanes of at least 4 members (excludes halogenated alkanes) is 3. The van der Waals surface area contributed by atoms with E-state index in [0.717, 1.165) is 6.42 Å². The molecule has 0 spiro atoms. The molecule has 1 unspecified atom stereocenters. The molecule has 0 bridgehead atoms. The Hall–Kier alpha value is -0.394. The van der Waals surface area contributed by atoms with Crippen LogP contribution in [0.1, 0.15) is 78.6 Å². The minimum absolute atomic E-state index is 0.487. The summed E-state index contributed by atoms with van der Waals surface area (Å²) in [5, 5.41) is 2.97. The van der Waals surface area contributed by atoms with Crippen LogP contribution in [0.4, 0.5) is 0 Å². The fourth-order valence-electron chi connectivity index (χ4n) is 5.46. The van der Waals surface area contributed by atoms with E-state index in [1.54, 1.807) is 0 Å². The van der Waals surface area contributed by atoms with Crippen molar-refractivity contribution in [3.63, 3.8) is 0 Å². The summed E-state index contributed by atoms with van der Waals surface area (Å²) in [6.45, 7) is 9.29. The van der Waals surface area contributed by atoms with E-state index in [9.17, 15) is 4.79 Å². The van der Waals surface area contributed by atoms with Crippen molar-refractivity contribution in [2.24, 2.45) is 0 Å². The van der Waals surface area contributed by atoms with Crippen molar-refractivity contribution in [3.8, 4) is 0 Å². The Balaban J connectivity index is 2.16. The average molecular weight is 650 g/mol. The topological polar surface area (TPSA) is 17.1 Å². The van der Waals surface area contributed by atoms with E-state index in [1.807, 2.05) is 0 Å². The molecule has 0 N–H and O–H groups in total. The summed E-state index contributed by atoms with van der Waals surface area (Å²) in [6.07, 6.45) is 11.1. The molecule has 1 atom stereocenters. The van der Waals surface area contributed by atoms with Gasteiger partial charge in [-0.25, -0.2) is 0 Å². The molecule has 2 aromatic rings. The first kappa shape index (κ1) is 29.8. The zero-order valence-electron chi connectivity index (χ0n) is 22.1. The molecule has 2 aromatic carbocycles. The van der Waals surface area contributed by atoms with E-state index >= 15 is 0 Å². The quantitative estimate of drug-likeness (QED) is 0.124. The number of alkyl halides is 1. The summed E-state index contributed by atoms with van der Waals surface area (Å²) >= 11 is 1.98. The predicted octanol–water partition coefficient (Wildman–Crippen LogP) is 8.31. The van der Waals surface area contributed by atoms with E-state index < -0.39 is 26.5 Å². The second-order valence-electron chi connectivity index (χ2n) is 10.3. The van der Waals surface area contributed by atoms with Gasteiger partial charge < -0.3 is 0 Å². The van der Waals surface area contributed by atoms with Gasteiger partial charge in [0.25, 0.3) is 0 Å². The number of hydrogen-bond donors (Lipinski definition) is 0. The van der Waals surface area contributed by atoms with Gasteiger partial charge in [-0.05, 0) is 0 Å². The number of halogens is 1. The zero-order valence-corrected chi connectivity index (χ0v) is 27.6. The molecule has 0 heterocycles. The van der Waals surface area contributed by atoms with Crippen LogP contribution in [0.15, 0.2) is 60.7 Å². The Morgan fingerprint density at radius 2 is 1.18 bits per heavy atom. The standard InChI is InChI=1S/C18H20BrOSi.3C4H9.Sn/c1-21(16-10-4-2-5-11-16,17-12-6-3-7-13-17)18(20)14-8-9-15-19;3*1-3-4-2;/h2-7,10-13,15H,8-9,14H2,1H3;3*1,3-4H2,2H3;. The first-order chi connectivity index (χ1) is 16.4. The summed E-state index contributed by atoms with van der Waals surface area (Å²) < 4.78 is 5.28. The summed E-state index contributed by atoms with van der Waals surface area (Å²) in [7, 11) is -2.42. The van der Waals surface area contributed by atoms with Crippen LogP contribution in [0, 0.1) is 0 Å².